The van der Waals surface area contributed by atoms with E-state index in [2.05, 4.69) is 16.0 Å². The number of carbonyl (C=O) groups excluding carboxylic acids is 2. The van der Waals surface area contributed by atoms with Crippen LogP contribution in [0.3, 0.4) is 0 Å². The SMILES string of the molecule is O=C(Cn1ncc(=O)c2ccccc21)NNC(=O)c1ccccc1-n1cccc1. The van der Waals surface area contributed by atoms with Crippen LogP contribution in [0.4, 0.5) is 0 Å². The van der Waals surface area contributed by atoms with E-state index in [0.29, 0.717) is 22.2 Å². The number of benzene rings is 2. The van der Waals surface area contributed by atoms with Gasteiger partial charge in [-0.25, -0.2) is 0 Å². The van der Waals surface area contributed by atoms with Crippen molar-refractivity contribution in [3.05, 3.63) is 95.0 Å². The summed E-state index contributed by atoms with van der Waals surface area (Å²) in [5.74, 6) is -0.918. The van der Waals surface area contributed by atoms with Gasteiger partial charge in [-0.05, 0) is 36.4 Å². The van der Waals surface area contributed by atoms with Gasteiger partial charge in [0.1, 0.15) is 6.54 Å². The molecule has 29 heavy (non-hydrogen) atoms. The first-order valence-corrected chi connectivity index (χ1v) is 8.90. The van der Waals surface area contributed by atoms with Gasteiger partial charge in [0.2, 0.25) is 5.43 Å². The number of aromatic nitrogens is 3. The van der Waals surface area contributed by atoms with Crippen molar-refractivity contribution in [3.8, 4) is 5.69 Å². The van der Waals surface area contributed by atoms with Crippen LogP contribution in [0.1, 0.15) is 10.4 Å². The molecule has 0 aliphatic carbocycles. The topological polar surface area (TPSA) is 98.0 Å². The fourth-order valence-electron chi connectivity index (χ4n) is 3.04. The van der Waals surface area contributed by atoms with Crippen molar-refractivity contribution in [1.29, 1.82) is 0 Å². The molecule has 4 rings (SSSR count). The lowest BCUT2D eigenvalue weighted by Gasteiger charge is -2.13. The summed E-state index contributed by atoms with van der Waals surface area (Å²) in [5.41, 5.74) is 6.25. The standard InChI is InChI=1S/C21H17N5O3/c27-19-13-22-26(18-10-4-1-7-15(18)19)14-20(28)23-24-21(29)16-8-2-3-9-17(16)25-11-5-6-12-25/h1-13H,14H2,(H,23,28)(H,24,29). The van der Waals surface area contributed by atoms with Crippen LogP contribution >= 0.6 is 0 Å². The Morgan fingerprint density at radius 2 is 1.62 bits per heavy atom. The molecule has 0 bridgehead atoms. The van der Waals surface area contributed by atoms with Gasteiger partial charge in [0.15, 0.2) is 0 Å². The fraction of sp³-hybridized carbons (Fsp3) is 0.0476. The number of hydrogen-bond donors (Lipinski definition) is 2. The maximum atomic E-state index is 12.6. The number of hydrogen-bond acceptors (Lipinski definition) is 4. The number of para-hydroxylation sites is 2. The number of rotatable bonds is 4. The van der Waals surface area contributed by atoms with Crippen molar-refractivity contribution in [2.24, 2.45) is 0 Å². The van der Waals surface area contributed by atoms with Crippen molar-refractivity contribution in [3.63, 3.8) is 0 Å². The van der Waals surface area contributed by atoms with Crippen molar-refractivity contribution in [2.45, 2.75) is 6.54 Å². The first-order valence-electron chi connectivity index (χ1n) is 8.90. The van der Waals surface area contributed by atoms with Crippen LogP contribution in [0.2, 0.25) is 0 Å². The van der Waals surface area contributed by atoms with E-state index < -0.39 is 11.8 Å². The molecule has 0 aliphatic heterocycles. The summed E-state index contributed by atoms with van der Waals surface area (Å²) in [6.45, 7) is -0.152. The first kappa shape index (κ1) is 18.2. The lowest BCUT2D eigenvalue weighted by molar-refractivity contribution is -0.122. The summed E-state index contributed by atoms with van der Waals surface area (Å²) in [6.07, 6.45) is 4.83. The van der Waals surface area contributed by atoms with E-state index >= 15 is 0 Å². The molecule has 2 aromatic carbocycles. The van der Waals surface area contributed by atoms with E-state index in [4.69, 9.17) is 0 Å². The normalized spacial score (nSPS) is 10.6. The molecule has 2 aromatic heterocycles. The monoisotopic (exact) mass is 387 g/mol. The third-order valence-corrected chi connectivity index (χ3v) is 4.40. The van der Waals surface area contributed by atoms with Crippen LogP contribution in [0, 0.1) is 0 Å². The molecule has 0 fully saturated rings. The summed E-state index contributed by atoms with van der Waals surface area (Å²) >= 11 is 0. The Kier molecular flexibility index (Phi) is 4.90. The highest BCUT2D eigenvalue weighted by Crippen LogP contribution is 2.14. The quantitative estimate of drug-likeness (QED) is 0.520. The molecule has 0 unspecified atom stereocenters. The second kappa shape index (κ2) is 7.81. The van der Waals surface area contributed by atoms with Crippen LogP contribution in [0.25, 0.3) is 16.6 Å². The van der Waals surface area contributed by atoms with Crippen LogP contribution in [-0.2, 0) is 11.3 Å². The molecular formula is C21H17N5O3. The van der Waals surface area contributed by atoms with E-state index in [1.807, 2.05) is 41.2 Å². The molecule has 0 saturated heterocycles. The molecule has 0 spiro atoms. The van der Waals surface area contributed by atoms with E-state index in [9.17, 15) is 14.4 Å². The Morgan fingerprint density at radius 3 is 2.45 bits per heavy atom. The molecule has 8 nitrogen and oxygen atoms in total. The summed E-state index contributed by atoms with van der Waals surface area (Å²) in [6, 6.07) is 17.7. The van der Waals surface area contributed by atoms with Gasteiger partial charge in [-0.1, -0.05) is 24.3 Å². The van der Waals surface area contributed by atoms with E-state index in [1.54, 1.807) is 36.4 Å². The van der Waals surface area contributed by atoms with Gasteiger partial charge < -0.3 is 4.57 Å². The van der Waals surface area contributed by atoms with Gasteiger partial charge in [0.25, 0.3) is 11.8 Å². The van der Waals surface area contributed by atoms with Crippen molar-refractivity contribution >= 4 is 22.7 Å². The molecule has 2 amide bonds. The lowest BCUT2D eigenvalue weighted by Crippen LogP contribution is -2.43. The molecule has 0 saturated carbocycles. The zero-order valence-corrected chi connectivity index (χ0v) is 15.3. The summed E-state index contributed by atoms with van der Waals surface area (Å²) in [5, 5.41) is 4.48. The summed E-state index contributed by atoms with van der Waals surface area (Å²) < 4.78 is 3.22. The summed E-state index contributed by atoms with van der Waals surface area (Å²) in [4.78, 5) is 36.8. The molecule has 0 radical (unpaired) electrons. The average molecular weight is 387 g/mol. The van der Waals surface area contributed by atoms with Gasteiger partial charge >= 0.3 is 0 Å². The number of nitrogens with zero attached hydrogens (tertiary/aromatic N) is 3. The van der Waals surface area contributed by atoms with E-state index in [0.717, 1.165) is 0 Å². The van der Waals surface area contributed by atoms with Gasteiger partial charge in [-0.15, -0.1) is 0 Å². The smallest absolute Gasteiger partial charge is 0.271 e. The molecule has 8 heteroatoms. The minimum Gasteiger partial charge on any atom is -0.323 e. The van der Waals surface area contributed by atoms with Gasteiger partial charge in [-0.3, -0.25) is 29.9 Å². The second-order valence-corrected chi connectivity index (χ2v) is 6.29. The van der Waals surface area contributed by atoms with Crippen molar-refractivity contribution in [2.75, 3.05) is 0 Å². The molecule has 144 valence electrons. The zero-order valence-electron chi connectivity index (χ0n) is 15.3. The molecule has 4 aromatic rings. The molecule has 2 N–H and O–H groups in total. The van der Waals surface area contributed by atoms with Gasteiger partial charge in [0, 0.05) is 17.8 Å². The Balaban J connectivity index is 1.47. The average Bonchev–Trinajstić information content (AvgIpc) is 3.29. The predicted molar refractivity (Wildman–Crippen MR) is 107 cm³/mol. The maximum absolute atomic E-state index is 12.6. The first-order chi connectivity index (χ1) is 14.1. The van der Waals surface area contributed by atoms with Crippen LogP contribution in [0.15, 0.2) is 84.0 Å². The van der Waals surface area contributed by atoms with E-state index in [-0.39, 0.29) is 12.0 Å². The second-order valence-electron chi connectivity index (χ2n) is 6.29. The highest BCUT2D eigenvalue weighted by molar-refractivity contribution is 5.98. The number of fused-ring (bicyclic) bond motifs is 1. The Hall–Kier alpha value is -4.20. The molecule has 0 atom stereocenters. The molecular weight excluding hydrogens is 370 g/mol. The summed E-state index contributed by atoms with van der Waals surface area (Å²) in [7, 11) is 0. The van der Waals surface area contributed by atoms with Crippen LogP contribution in [-0.4, -0.2) is 26.2 Å². The number of carbonyl (C=O) groups is 2. The highest BCUT2D eigenvalue weighted by atomic mass is 16.2. The molecule has 0 aliphatic rings. The van der Waals surface area contributed by atoms with Crippen LogP contribution in [0.5, 0.6) is 0 Å². The van der Waals surface area contributed by atoms with Crippen molar-refractivity contribution in [1.82, 2.24) is 25.2 Å². The van der Waals surface area contributed by atoms with Gasteiger partial charge in [-0.2, -0.15) is 5.10 Å². The third-order valence-electron chi connectivity index (χ3n) is 4.40. The Morgan fingerprint density at radius 1 is 0.897 bits per heavy atom. The lowest BCUT2D eigenvalue weighted by atomic mass is 10.1. The fourth-order valence-corrected chi connectivity index (χ4v) is 3.04. The number of amides is 2. The molecule has 2 heterocycles. The van der Waals surface area contributed by atoms with Crippen molar-refractivity contribution < 1.29 is 9.59 Å². The third kappa shape index (κ3) is 3.77. The zero-order chi connectivity index (χ0) is 20.2. The van der Waals surface area contributed by atoms with E-state index in [1.165, 1.54) is 10.9 Å². The Bertz CT molecular complexity index is 1240. The van der Waals surface area contributed by atoms with Gasteiger partial charge in [0.05, 0.1) is 23.0 Å². The minimum absolute atomic E-state index is 0.152. The van der Waals surface area contributed by atoms with Crippen LogP contribution < -0.4 is 16.3 Å². The minimum atomic E-state index is -0.474. The Labute approximate surface area is 165 Å². The predicted octanol–water partition coefficient (Wildman–Crippen LogP) is 1.65. The largest absolute Gasteiger partial charge is 0.323 e. The number of nitrogens with one attached hydrogen (secondary N) is 2. The maximum Gasteiger partial charge on any atom is 0.271 e. The number of hydrazine groups is 1. The highest BCUT2D eigenvalue weighted by Gasteiger charge is 2.13.